The lowest BCUT2D eigenvalue weighted by atomic mass is 10.1. The minimum Gasteiger partial charge on any atom is -0.496 e. The van der Waals surface area contributed by atoms with E-state index in [0.717, 1.165) is 0 Å². The number of aromatic nitrogens is 3. The Labute approximate surface area is 136 Å². The summed E-state index contributed by atoms with van der Waals surface area (Å²) < 4.78 is 34.7. The largest absolute Gasteiger partial charge is 0.496 e. The van der Waals surface area contributed by atoms with Gasteiger partial charge in [0.05, 0.1) is 18.2 Å². The van der Waals surface area contributed by atoms with Crippen LogP contribution in [0.15, 0.2) is 36.4 Å². The number of hydrogen-bond donors (Lipinski definition) is 0. The number of benzene rings is 2. The van der Waals surface area contributed by atoms with Gasteiger partial charge in [0.2, 0.25) is 0 Å². The van der Waals surface area contributed by atoms with Gasteiger partial charge in [-0.05, 0) is 30.3 Å². The van der Waals surface area contributed by atoms with Crippen molar-refractivity contribution in [3.63, 3.8) is 0 Å². The molecule has 0 unspecified atom stereocenters. The molecule has 7 heteroatoms. The Balaban J connectivity index is 2.20. The van der Waals surface area contributed by atoms with Crippen LogP contribution in [-0.4, -0.2) is 21.9 Å². The highest BCUT2D eigenvalue weighted by atomic mass is 35.5. The van der Waals surface area contributed by atoms with Gasteiger partial charge in [0.1, 0.15) is 17.4 Å². The summed E-state index contributed by atoms with van der Waals surface area (Å²) in [5.74, 6) is -0.402. The second-order valence-electron chi connectivity index (χ2n) is 4.85. The van der Waals surface area contributed by atoms with Crippen LogP contribution in [0.4, 0.5) is 8.78 Å². The summed E-state index contributed by atoms with van der Waals surface area (Å²) in [4.78, 5) is 0. The van der Waals surface area contributed by atoms with Crippen molar-refractivity contribution >= 4 is 11.6 Å². The molecule has 1 heterocycles. The van der Waals surface area contributed by atoms with Crippen molar-refractivity contribution in [2.75, 3.05) is 7.11 Å². The van der Waals surface area contributed by atoms with Crippen molar-refractivity contribution in [1.29, 1.82) is 0 Å². The topological polar surface area (TPSA) is 39.9 Å². The summed E-state index contributed by atoms with van der Waals surface area (Å²) in [5.41, 5.74) is 0.354. The van der Waals surface area contributed by atoms with E-state index in [1.165, 1.54) is 29.9 Å². The maximum Gasteiger partial charge on any atom is 0.169 e. The summed E-state index contributed by atoms with van der Waals surface area (Å²) in [6.45, 7) is 0. The molecular formula is C16H12ClF2N3O. The van der Waals surface area contributed by atoms with E-state index in [0.29, 0.717) is 22.2 Å². The van der Waals surface area contributed by atoms with Crippen LogP contribution in [0.2, 0.25) is 5.02 Å². The zero-order valence-electron chi connectivity index (χ0n) is 12.3. The van der Waals surface area contributed by atoms with Crippen LogP contribution >= 0.6 is 11.6 Å². The number of methoxy groups -OCH3 is 1. The molecule has 4 nitrogen and oxygen atoms in total. The monoisotopic (exact) mass is 335 g/mol. The zero-order valence-corrected chi connectivity index (χ0v) is 13.1. The van der Waals surface area contributed by atoms with Crippen molar-refractivity contribution in [1.82, 2.24) is 14.8 Å². The van der Waals surface area contributed by atoms with Crippen molar-refractivity contribution in [3.05, 3.63) is 53.1 Å². The molecule has 0 spiro atoms. The first-order chi connectivity index (χ1) is 11.0. The van der Waals surface area contributed by atoms with E-state index >= 15 is 0 Å². The average molecular weight is 336 g/mol. The maximum atomic E-state index is 14.0. The average Bonchev–Trinajstić information content (AvgIpc) is 2.89. The van der Waals surface area contributed by atoms with E-state index in [1.807, 2.05) is 0 Å². The quantitative estimate of drug-likeness (QED) is 0.723. The van der Waals surface area contributed by atoms with Gasteiger partial charge in [-0.2, -0.15) is 0 Å². The van der Waals surface area contributed by atoms with Gasteiger partial charge in [0, 0.05) is 12.1 Å². The lowest BCUT2D eigenvalue weighted by Gasteiger charge is -2.09. The van der Waals surface area contributed by atoms with Crippen molar-refractivity contribution < 1.29 is 13.5 Å². The number of nitrogens with zero attached hydrogens (tertiary/aromatic N) is 3. The maximum absolute atomic E-state index is 14.0. The third kappa shape index (κ3) is 2.66. The second kappa shape index (κ2) is 5.96. The first-order valence-electron chi connectivity index (χ1n) is 6.70. The van der Waals surface area contributed by atoms with Crippen LogP contribution in [0.25, 0.3) is 22.8 Å². The summed E-state index contributed by atoms with van der Waals surface area (Å²) in [6, 6.07) is 8.67. The SMILES string of the molecule is COc1ccc(Cl)cc1-c1nnc(-c2c(F)cccc2F)n1C. The van der Waals surface area contributed by atoms with E-state index in [-0.39, 0.29) is 11.4 Å². The van der Waals surface area contributed by atoms with E-state index in [2.05, 4.69) is 10.2 Å². The van der Waals surface area contributed by atoms with Gasteiger partial charge in [-0.15, -0.1) is 10.2 Å². The molecule has 0 saturated heterocycles. The standard InChI is InChI=1S/C16H12ClF2N3O/c1-22-15(10-8-9(17)6-7-13(10)23-2)20-21-16(22)14-11(18)4-3-5-12(14)19/h3-8H,1-2H3. The molecule has 0 aliphatic rings. The number of rotatable bonds is 3. The van der Waals surface area contributed by atoms with Crippen molar-refractivity contribution in [2.45, 2.75) is 0 Å². The third-order valence-corrected chi connectivity index (χ3v) is 3.70. The molecule has 0 fully saturated rings. The molecule has 3 aromatic rings. The molecule has 0 aliphatic carbocycles. The van der Waals surface area contributed by atoms with E-state index in [4.69, 9.17) is 16.3 Å². The molecule has 0 N–H and O–H groups in total. The molecule has 2 aromatic carbocycles. The first kappa shape index (κ1) is 15.4. The Morgan fingerprint density at radius 3 is 2.35 bits per heavy atom. The lowest BCUT2D eigenvalue weighted by molar-refractivity contribution is 0.416. The highest BCUT2D eigenvalue weighted by Crippen LogP contribution is 2.33. The predicted molar refractivity (Wildman–Crippen MR) is 83.4 cm³/mol. The molecule has 0 radical (unpaired) electrons. The first-order valence-corrected chi connectivity index (χ1v) is 7.08. The number of hydrogen-bond acceptors (Lipinski definition) is 3. The molecular weight excluding hydrogens is 324 g/mol. The number of halogens is 3. The van der Waals surface area contributed by atoms with Crippen LogP contribution in [0.5, 0.6) is 5.75 Å². The van der Waals surface area contributed by atoms with E-state index in [9.17, 15) is 8.78 Å². The Kier molecular flexibility index (Phi) is 4.00. The van der Waals surface area contributed by atoms with Gasteiger partial charge in [0.25, 0.3) is 0 Å². The molecule has 0 saturated carbocycles. The molecule has 23 heavy (non-hydrogen) atoms. The highest BCUT2D eigenvalue weighted by Gasteiger charge is 2.21. The second-order valence-corrected chi connectivity index (χ2v) is 5.28. The van der Waals surface area contributed by atoms with Gasteiger partial charge in [-0.25, -0.2) is 8.78 Å². The fourth-order valence-electron chi connectivity index (χ4n) is 2.35. The molecule has 0 atom stereocenters. The van der Waals surface area contributed by atoms with E-state index < -0.39 is 11.6 Å². The summed E-state index contributed by atoms with van der Waals surface area (Å²) in [5, 5.41) is 8.45. The van der Waals surface area contributed by atoms with Gasteiger partial charge >= 0.3 is 0 Å². The number of ether oxygens (including phenoxy) is 1. The molecule has 0 amide bonds. The molecule has 1 aromatic heterocycles. The summed E-state index contributed by atoms with van der Waals surface area (Å²) >= 11 is 6.02. The molecule has 118 valence electrons. The van der Waals surface area contributed by atoms with Crippen LogP contribution < -0.4 is 4.74 Å². The van der Waals surface area contributed by atoms with Gasteiger partial charge in [0.15, 0.2) is 11.6 Å². The van der Waals surface area contributed by atoms with E-state index in [1.54, 1.807) is 25.2 Å². The lowest BCUT2D eigenvalue weighted by Crippen LogP contribution is -2.00. The Morgan fingerprint density at radius 1 is 1.04 bits per heavy atom. The Bertz CT molecular complexity index is 860. The summed E-state index contributed by atoms with van der Waals surface area (Å²) in [7, 11) is 3.14. The van der Waals surface area contributed by atoms with Gasteiger partial charge in [-0.1, -0.05) is 17.7 Å². The Hall–Kier alpha value is -2.47. The van der Waals surface area contributed by atoms with Gasteiger partial charge in [-0.3, -0.25) is 0 Å². The Morgan fingerprint density at radius 2 is 1.70 bits per heavy atom. The smallest absolute Gasteiger partial charge is 0.169 e. The fourth-order valence-corrected chi connectivity index (χ4v) is 2.52. The van der Waals surface area contributed by atoms with Crippen LogP contribution in [0.1, 0.15) is 0 Å². The summed E-state index contributed by atoms with van der Waals surface area (Å²) in [6.07, 6.45) is 0. The third-order valence-electron chi connectivity index (χ3n) is 3.46. The van der Waals surface area contributed by atoms with Crippen LogP contribution in [0.3, 0.4) is 0 Å². The molecule has 3 rings (SSSR count). The fraction of sp³-hybridized carbons (Fsp3) is 0.125. The van der Waals surface area contributed by atoms with Crippen LogP contribution in [-0.2, 0) is 7.05 Å². The molecule has 0 bridgehead atoms. The van der Waals surface area contributed by atoms with Crippen molar-refractivity contribution in [2.24, 2.45) is 7.05 Å². The predicted octanol–water partition coefficient (Wildman–Crippen LogP) is 4.09. The molecule has 0 aliphatic heterocycles. The highest BCUT2D eigenvalue weighted by molar-refractivity contribution is 6.30. The van der Waals surface area contributed by atoms with Crippen LogP contribution in [0, 0.1) is 11.6 Å². The zero-order chi connectivity index (χ0) is 16.6. The normalized spacial score (nSPS) is 10.8. The minimum atomic E-state index is -0.704. The minimum absolute atomic E-state index is 0.0811. The van der Waals surface area contributed by atoms with Gasteiger partial charge < -0.3 is 9.30 Å². The van der Waals surface area contributed by atoms with Crippen molar-refractivity contribution in [3.8, 4) is 28.5 Å².